The van der Waals surface area contributed by atoms with Gasteiger partial charge in [-0.2, -0.15) is 5.26 Å². The van der Waals surface area contributed by atoms with E-state index in [1.165, 1.54) is 94.3 Å². The fraction of sp³-hybridized carbons (Fsp3) is 0.621. The summed E-state index contributed by atoms with van der Waals surface area (Å²) >= 11 is 0. The molecule has 0 saturated heterocycles. The second-order valence-corrected chi connectivity index (χ2v) is 9.66. The third-order valence-corrected chi connectivity index (χ3v) is 7.32. The van der Waals surface area contributed by atoms with Gasteiger partial charge in [0.05, 0.1) is 12.2 Å². The molecule has 0 atom stereocenters. The average molecular weight is 420 g/mol. The van der Waals surface area contributed by atoms with Crippen LogP contribution in [0.3, 0.4) is 0 Å². The van der Waals surface area contributed by atoms with E-state index in [1.54, 1.807) is 0 Å². The van der Waals surface area contributed by atoms with Gasteiger partial charge in [0.1, 0.15) is 0 Å². The van der Waals surface area contributed by atoms with E-state index in [-0.39, 0.29) is 0 Å². The first-order valence-electron chi connectivity index (χ1n) is 12.7. The standard InChI is InChI=1S/C29H41NO/c1-2-3-5-8-25-14-16-27(17-15-25)28-18-20-29(21-19-28)31-23-26-12-10-24(11-13-26)9-6-4-7-22-30/h4,6-7,9,14-17,24,26,28-29H,2-3,5,8,10-13,18-21,23H2,1H3. The van der Waals surface area contributed by atoms with Crippen LogP contribution in [0.5, 0.6) is 0 Å². The maximum atomic E-state index is 8.54. The largest absolute Gasteiger partial charge is 0.378 e. The summed E-state index contributed by atoms with van der Waals surface area (Å²) in [6.07, 6.45) is 23.4. The van der Waals surface area contributed by atoms with Crippen LogP contribution in [-0.4, -0.2) is 12.7 Å². The van der Waals surface area contributed by atoms with Crippen molar-refractivity contribution in [2.75, 3.05) is 6.61 Å². The number of nitrogens with zero attached hydrogens (tertiary/aromatic N) is 1. The van der Waals surface area contributed by atoms with Crippen LogP contribution in [0.1, 0.15) is 94.6 Å². The topological polar surface area (TPSA) is 33.0 Å². The summed E-state index contributed by atoms with van der Waals surface area (Å²) in [5, 5.41) is 8.54. The second kappa shape index (κ2) is 13.5. The zero-order valence-corrected chi connectivity index (χ0v) is 19.5. The van der Waals surface area contributed by atoms with Crippen LogP contribution in [0.25, 0.3) is 0 Å². The predicted octanol–water partition coefficient (Wildman–Crippen LogP) is 7.90. The van der Waals surface area contributed by atoms with E-state index in [0.29, 0.717) is 12.0 Å². The van der Waals surface area contributed by atoms with Crippen molar-refractivity contribution >= 4 is 0 Å². The summed E-state index contributed by atoms with van der Waals surface area (Å²) in [6.45, 7) is 3.22. The molecule has 0 N–H and O–H groups in total. The molecule has 1 aromatic rings. The molecule has 2 heteroatoms. The smallest absolute Gasteiger partial charge is 0.0912 e. The van der Waals surface area contributed by atoms with Crippen molar-refractivity contribution in [2.45, 2.75) is 96.0 Å². The molecular formula is C29H41NO. The van der Waals surface area contributed by atoms with Gasteiger partial charge >= 0.3 is 0 Å². The zero-order valence-electron chi connectivity index (χ0n) is 19.5. The van der Waals surface area contributed by atoms with Gasteiger partial charge in [0.2, 0.25) is 0 Å². The van der Waals surface area contributed by atoms with Crippen LogP contribution in [0.4, 0.5) is 0 Å². The van der Waals surface area contributed by atoms with E-state index in [9.17, 15) is 0 Å². The molecule has 0 bridgehead atoms. The number of hydrogen-bond donors (Lipinski definition) is 0. The van der Waals surface area contributed by atoms with Crippen LogP contribution in [0.15, 0.2) is 48.6 Å². The number of allylic oxidation sites excluding steroid dienone is 4. The van der Waals surface area contributed by atoms with Crippen LogP contribution in [0.2, 0.25) is 0 Å². The summed E-state index contributed by atoms with van der Waals surface area (Å²) in [5.41, 5.74) is 3.03. The minimum absolute atomic E-state index is 0.471. The molecule has 2 fully saturated rings. The molecule has 0 radical (unpaired) electrons. The van der Waals surface area contributed by atoms with Gasteiger partial charge in [0.25, 0.3) is 0 Å². The Kier molecular flexibility index (Phi) is 10.4. The monoisotopic (exact) mass is 419 g/mol. The normalized spacial score (nSPS) is 27.0. The minimum Gasteiger partial charge on any atom is -0.378 e. The number of aryl methyl sites for hydroxylation is 1. The molecule has 2 saturated carbocycles. The third-order valence-electron chi connectivity index (χ3n) is 7.32. The van der Waals surface area contributed by atoms with Crippen molar-refractivity contribution in [1.29, 1.82) is 5.26 Å². The Hall–Kier alpha value is -1.85. The lowest BCUT2D eigenvalue weighted by molar-refractivity contribution is -0.00337. The number of rotatable bonds is 10. The van der Waals surface area contributed by atoms with Crippen molar-refractivity contribution in [2.24, 2.45) is 11.8 Å². The highest BCUT2D eigenvalue weighted by molar-refractivity contribution is 5.26. The van der Waals surface area contributed by atoms with Crippen molar-refractivity contribution in [3.8, 4) is 6.07 Å². The third kappa shape index (κ3) is 8.30. The van der Waals surface area contributed by atoms with Gasteiger partial charge in [-0.3, -0.25) is 0 Å². The average Bonchev–Trinajstić information content (AvgIpc) is 2.82. The Balaban J connectivity index is 1.31. The number of benzene rings is 1. The summed E-state index contributed by atoms with van der Waals surface area (Å²) in [5.74, 6) is 2.13. The van der Waals surface area contributed by atoms with E-state index in [0.717, 1.165) is 18.4 Å². The Labute approximate surface area is 190 Å². The molecule has 2 aliphatic carbocycles. The fourth-order valence-corrected chi connectivity index (χ4v) is 5.24. The Morgan fingerprint density at radius 3 is 2.35 bits per heavy atom. The number of nitriles is 1. The number of unbranched alkanes of at least 4 members (excludes halogenated alkanes) is 2. The van der Waals surface area contributed by atoms with Gasteiger partial charge < -0.3 is 4.74 Å². The van der Waals surface area contributed by atoms with Crippen molar-refractivity contribution in [3.63, 3.8) is 0 Å². The highest BCUT2D eigenvalue weighted by Gasteiger charge is 2.25. The maximum absolute atomic E-state index is 8.54. The molecule has 0 unspecified atom stereocenters. The molecule has 0 aliphatic heterocycles. The van der Waals surface area contributed by atoms with Gasteiger partial charge in [-0.1, -0.05) is 62.3 Å². The molecule has 168 valence electrons. The lowest BCUT2D eigenvalue weighted by Gasteiger charge is -2.32. The van der Waals surface area contributed by atoms with E-state index < -0.39 is 0 Å². The van der Waals surface area contributed by atoms with E-state index in [2.05, 4.69) is 37.3 Å². The van der Waals surface area contributed by atoms with Gasteiger partial charge in [-0.15, -0.1) is 0 Å². The minimum atomic E-state index is 0.471. The van der Waals surface area contributed by atoms with Gasteiger partial charge in [-0.05, 0) is 93.1 Å². The number of hydrogen-bond acceptors (Lipinski definition) is 2. The van der Waals surface area contributed by atoms with E-state index >= 15 is 0 Å². The summed E-state index contributed by atoms with van der Waals surface area (Å²) in [4.78, 5) is 0. The first kappa shape index (κ1) is 23.8. The van der Waals surface area contributed by atoms with Crippen LogP contribution in [0, 0.1) is 23.2 Å². The maximum Gasteiger partial charge on any atom is 0.0912 e. The van der Waals surface area contributed by atoms with Crippen molar-refractivity contribution < 1.29 is 4.74 Å². The summed E-state index contributed by atoms with van der Waals surface area (Å²) < 4.78 is 6.36. The molecule has 0 aromatic heterocycles. The van der Waals surface area contributed by atoms with Gasteiger partial charge in [0.15, 0.2) is 0 Å². The molecule has 0 amide bonds. The molecule has 2 nitrogen and oxygen atoms in total. The second-order valence-electron chi connectivity index (χ2n) is 9.66. The SMILES string of the molecule is CCCCCc1ccc(C2CCC(OCC3CCC(C=CC=CC#N)CC3)CC2)cc1. The highest BCUT2D eigenvalue weighted by Crippen LogP contribution is 2.35. The van der Waals surface area contributed by atoms with Crippen LogP contribution < -0.4 is 0 Å². The molecule has 0 heterocycles. The lowest BCUT2D eigenvalue weighted by atomic mass is 9.81. The summed E-state index contributed by atoms with van der Waals surface area (Å²) in [6, 6.07) is 11.5. The molecule has 0 spiro atoms. The molecule has 1 aromatic carbocycles. The lowest BCUT2D eigenvalue weighted by Crippen LogP contribution is -2.25. The van der Waals surface area contributed by atoms with Gasteiger partial charge in [0, 0.05) is 12.7 Å². The quantitative estimate of drug-likeness (QED) is 0.219. The Bertz CT molecular complexity index is 710. The predicted molar refractivity (Wildman–Crippen MR) is 130 cm³/mol. The Morgan fingerprint density at radius 1 is 0.935 bits per heavy atom. The Morgan fingerprint density at radius 2 is 1.68 bits per heavy atom. The first-order chi connectivity index (χ1) is 15.3. The zero-order chi connectivity index (χ0) is 21.7. The summed E-state index contributed by atoms with van der Waals surface area (Å²) in [7, 11) is 0. The highest BCUT2D eigenvalue weighted by atomic mass is 16.5. The first-order valence-corrected chi connectivity index (χ1v) is 12.7. The van der Waals surface area contributed by atoms with E-state index in [4.69, 9.17) is 10.00 Å². The fourth-order valence-electron chi connectivity index (χ4n) is 5.24. The molecule has 3 rings (SSSR count). The number of ether oxygens (including phenoxy) is 1. The van der Waals surface area contributed by atoms with Crippen molar-refractivity contribution in [3.05, 3.63) is 59.7 Å². The molecule has 2 aliphatic rings. The van der Waals surface area contributed by atoms with Crippen LogP contribution in [-0.2, 0) is 11.2 Å². The van der Waals surface area contributed by atoms with E-state index in [1.807, 2.05) is 18.2 Å². The molecule has 31 heavy (non-hydrogen) atoms. The van der Waals surface area contributed by atoms with Crippen molar-refractivity contribution in [1.82, 2.24) is 0 Å². The van der Waals surface area contributed by atoms with Crippen LogP contribution >= 0.6 is 0 Å². The molecular weight excluding hydrogens is 378 g/mol. The van der Waals surface area contributed by atoms with Gasteiger partial charge in [-0.25, -0.2) is 0 Å².